The summed E-state index contributed by atoms with van der Waals surface area (Å²) in [5.41, 5.74) is 0.132. The first-order valence-corrected chi connectivity index (χ1v) is 7.23. The standard InChI is InChI=1S/C16H16ClF3O3/c1-7-11(15(2,3)4)10(17)6-8-5-9(14(21)22)13(16(18,19)20)23-12(7)8/h5-6,13H,1-4H3,(H,21,22)/t13-/m0/s1. The van der Waals surface area contributed by atoms with Gasteiger partial charge in [0.2, 0.25) is 6.10 Å². The van der Waals surface area contributed by atoms with Gasteiger partial charge in [0.15, 0.2) is 0 Å². The average molecular weight is 349 g/mol. The van der Waals surface area contributed by atoms with Gasteiger partial charge < -0.3 is 9.84 Å². The molecule has 0 fully saturated rings. The minimum Gasteiger partial charge on any atom is -0.478 e. The lowest BCUT2D eigenvalue weighted by atomic mass is 9.82. The van der Waals surface area contributed by atoms with Crippen molar-refractivity contribution in [1.82, 2.24) is 0 Å². The van der Waals surface area contributed by atoms with Crippen LogP contribution in [0.1, 0.15) is 37.5 Å². The van der Waals surface area contributed by atoms with Crippen LogP contribution in [0, 0.1) is 6.92 Å². The summed E-state index contributed by atoms with van der Waals surface area (Å²) in [6.07, 6.45) is -6.35. The molecule has 0 saturated carbocycles. The fraction of sp³-hybridized carbons (Fsp3) is 0.438. The molecule has 1 aliphatic heterocycles. The first kappa shape index (κ1) is 17.7. The van der Waals surface area contributed by atoms with Crippen molar-refractivity contribution in [3.05, 3.63) is 33.4 Å². The SMILES string of the molecule is Cc1c2c(cc(Cl)c1C(C)(C)C)C=C(C(=O)O)[C@@H](C(F)(F)F)O2. The molecule has 7 heteroatoms. The zero-order valence-electron chi connectivity index (χ0n) is 13.0. The minimum atomic E-state index is -4.82. The number of fused-ring (bicyclic) bond motifs is 1. The van der Waals surface area contributed by atoms with Gasteiger partial charge >= 0.3 is 12.1 Å². The Kier molecular flexibility index (Phi) is 4.18. The summed E-state index contributed by atoms with van der Waals surface area (Å²) in [6.45, 7) is 7.28. The molecule has 0 amide bonds. The van der Waals surface area contributed by atoms with Crippen molar-refractivity contribution in [2.75, 3.05) is 0 Å². The van der Waals surface area contributed by atoms with Crippen molar-refractivity contribution in [2.45, 2.75) is 45.4 Å². The molecule has 2 rings (SSSR count). The number of rotatable bonds is 1. The van der Waals surface area contributed by atoms with Gasteiger partial charge in [0.05, 0.1) is 5.57 Å². The number of ether oxygens (including phenoxy) is 1. The van der Waals surface area contributed by atoms with Gasteiger partial charge in [0.25, 0.3) is 0 Å². The zero-order valence-corrected chi connectivity index (χ0v) is 13.8. The number of benzene rings is 1. The van der Waals surface area contributed by atoms with Crippen LogP contribution in [0.2, 0.25) is 5.02 Å². The molecule has 3 nitrogen and oxygen atoms in total. The van der Waals surface area contributed by atoms with Crippen LogP contribution in [-0.4, -0.2) is 23.4 Å². The summed E-state index contributed by atoms with van der Waals surface area (Å²) >= 11 is 6.25. The molecule has 1 aromatic carbocycles. The van der Waals surface area contributed by atoms with E-state index in [0.29, 0.717) is 16.1 Å². The fourth-order valence-electron chi connectivity index (χ4n) is 2.81. The minimum absolute atomic E-state index is 0.0200. The predicted octanol–water partition coefficient (Wildman–Crippen LogP) is 4.74. The molecule has 1 atom stereocenters. The molecule has 1 heterocycles. The molecule has 1 aliphatic rings. The van der Waals surface area contributed by atoms with Crippen LogP contribution in [0.15, 0.2) is 11.6 Å². The number of carboxylic acids is 1. The number of alkyl halides is 3. The average Bonchev–Trinajstić information content (AvgIpc) is 2.34. The van der Waals surface area contributed by atoms with Crippen LogP contribution in [0.25, 0.3) is 6.08 Å². The van der Waals surface area contributed by atoms with E-state index in [0.717, 1.165) is 6.08 Å². The van der Waals surface area contributed by atoms with E-state index < -0.39 is 29.2 Å². The lowest BCUT2D eigenvalue weighted by molar-refractivity contribution is -0.187. The molecule has 0 unspecified atom stereocenters. The highest BCUT2D eigenvalue weighted by Crippen LogP contribution is 2.44. The molecule has 0 bridgehead atoms. The van der Waals surface area contributed by atoms with Gasteiger partial charge in [0, 0.05) is 10.6 Å². The van der Waals surface area contributed by atoms with E-state index in [1.807, 2.05) is 20.8 Å². The zero-order chi connectivity index (χ0) is 17.7. The summed E-state index contributed by atoms with van der Waals surface area (Å²) in [5.74, 6) is -1.65. The quantitative estimate of drug-likeness (QED) is 0.797. The molecular weight excluding hydrogens is 333 g/mol. The Labute approximate surface area is 136 Å². The normalized spacial score (nSPS) is 18.1. The summed E-state index contributed by atoms with van der Waals surface area (Å²) in [7, 11) is 0. The molecule has 0 aromatic heterocycles. The number of halogens is 4. The lowest BCUT2D eigenvalue weighted by Crippen LogP contribution is -2.40. The van der Waals surface area contributed by atoms with E-state index in [4.69, 9.17) is 21.4 Å². The first-order chi connectivity index (χ1) is 10.3. The third kappa shape index (κ3) is 3.17. The van der Waals surface area contributed by atoms with E-state index in [9.17, 15) is 18.0 Å². The number of hydrogen-bond acceptors (Lipinski definition) is 2. The second kappa shape index (κ2) is 5.44. The lowest BCUT2D eigenvalue weighted by Gasteiger charge is -2.31. The topological polar surface area (TPSA) is 46.5 Å². The highest BCUT2D eigenvalue weighted by molar-refractivity contribution is 6.32. The first-order valence-electron chi connectivity index (χ1n) is 6.86. The number of hydrogen-bond donors (Lipinski definition) is 1. The maximum absolute atomic E-state index is 13.1. The highest BCUT2D eigenvalue weighted by atomic mass is 35.5. The van der Waals surface area contributed by atoms with E-state index in [2.05, 4.69) is 0 Å². The molecule has 1 N–H and O–H groups in total. The monoisotopic (exact) mass is 348 g/mol. The molecule has 1 aromatic rings. The highest BCUT2D eigenvalue weighted by Gasteiger charge is 2.49. The van der Waals surface area contributed by atoms with Crippen molar-refractivity contribution in [3.8, 4) is 5.75 Å². The predicted molar refractivity (Wildman–Crippen MR) is 81.0 cm³/mol. The molecule has 0 aliphatic carbocycles. The fourth-order valence-corrected chi connectivity index (χ4v) is 3.35. The summed E-state index contributed by atoms with van der Waals surface area (Å²) in [5, 5.41) is 9.40. The van der Waals surface area contributed by atoms with Gasteiger partial charge in [-0.25, -0.2) is 4.79 Å². The Morgan fingerprint density at radius 2 is 1.87 bits per heavy atom. The van der Waals surface area contributed by atoms with Gasteiger partial charge in [-0.15, -0.1) is 0 Å². The maximum Gasteiger partial charge on any atom is 0.430 e. The molecule has 23 heavy (non-hydrogen) atoms. The van der Waals surface area contributed by atoms with Gasteiger partial charge in [-0.05, 0) is 35.6 Å². The van der Waals surface area contributed by atoms with Crippen molar-refractivity contribution < 1.29 is 27.8 Å². The van der Waals surface area contributed by atoms with Crippen molar-refractivity contribution in [3.63, 3.8) is 0 Å². The number of carbonyl (C=O) groups is 1. The van der Waals surface area contributed by atoms with Gasteiger partial charge in [-0.2, -0.15) is 13.2 Å². The van der Waals surface area contributed by atoms with Crippen molar-refractivity contribution in [1.29, 1.82) is 0 Å². The Bertz CT molecular complexity index is 700. The van der Waals surface area contributed by atoms with E-state index in [1.165, 1.54) is 6.07 Å². The van der Waals surface area contributed by atoms with Crippen molar-refractivity contribution >= 4 is 23.6 Å². The van der Waals surface area contributed by atoms with Gasteiger partial charge in [-0.3, -0.25) is 0 Å². The van der Waals surface area contributed by atoms with E-state index in [1.54, 1.807) is 6.92 Å². The second-order valence-corrected chi connectivity index (χ2v) is 6.88. The summed E-state index contributed by atoms with van der Waals surface area (Å²) < 4.78 is 44.5. The molecule has 0 saturated heterocycles. The smallest absolute Gasteiger partial charge is 0.430 e. The summed E-state index contributed by atoms with van der Waals surface area (Å²) in [6, 6.07) is 1.44. The van der Waals surface area contributed by atoms with Gasteiger partial charge in [0.1, 0.15) is 5.75 Å². The van der Waals surface area contributed by atoms with Crippen molar-refractivity contribution in [2.24, 2.45) is 0 Å². The second-order valence-electron chi connectivity index (χ2n) is 6.47. The van der Waals surface area contributed by atoms with Crippen LogP contribution in [0.3, 0.4) is 0 Å². The van der Waals surface area contributed by atoms with Crippen LogP contribution in [0.4, 0.5) is 13.2 Å². The molecular formula is C16H16ClF3O3. The summed E-state index contributed by atoms with van der Waals surface area (Å²) in [4.78, 5) is 11.1. The molecule has 0 radical (unpaired) electrons. The van der Waals surface area contributed by atoms with Gasteiger partial charge in [-0.1, -0.05) is 32.4 Å². The van der Waals surface area contributed by atoms with Crippen LogP contribution >= 0.6 is 11.6 Å². The Morgan fingerprint density at radius 3 is 2.30 bits per heavy atom. The Morgan fingerprint density at radius 1 is 1.30 bits per heavy atom. The number of aliphatic carboxylic acids is 1. The maximum atomic E-state index is 13.1. The Balaban J connectivity index is 2.72. The number of carboxylic acid groups (broad SMARTS) is 1. The Hall–Kier alpha value is -1.69. The van der Waals surface area contributed by atoms with E-state index >= 15 is 0 Å². The third-order valence-electron chi connectivity index (χ3n) is 3.62. The molecule has 126 valence electrons. The largest absolute Gasteiger partial charge is 0.478 e. The van der Waals surface area contributed by atoms with Crippen LogP contribution in [-0.2, 0) is 10.2 Å². The van der Waals surface area contributed by atoms with Crippen LogP contribution in [0.5, 0.6) is 5.75 Å². The van der Waals surface area contributed by atoms with Crippen LogP contribution < -0.4 is 4.74 Å². The third-order valence-corrected chi connectivity index (χ3v) is 3.92. The molecule has 0 spiro atoms. The van der Waals surface area contributed by atoms with E-state index in [-0.39, 0.29) is 11.3 Å².